The molecule has 1 atom stereocenters. The smallest absolute Gasteiger partial charge is 0.342 e. The lowest BCUT2D eigenvalue weighted by Crippen LogP contribution is -2.47. The van der Waals surface area contributed by atoms with Gasteiger partial charge in [-0.25, -0.2) is 9.78 Å². The number of rotatable bonds is 10. The summed E-state index contributed by atoms with van der Waals surface area (Å²) in [7, 11) is -1.15. The molecule has 2 aromatic carbocycles. The summed E-state index contributed by atoms with van der Waals surface area (Å²) >= 11 is 3.82. The van der Waals surface area contributed by atoms with Crippen LogP contribution < -0.4 is 9.64 Å². The molecule has 10 heteroatoms. The van der Waals surface area contributed by atoms with Crippen molar-refractivity contribution in [3.8, 4) is 11.5 Å². The molecular formula is C39H51BrN4O4Si. The van der Waals surface area contributed by atoms with Crippen LogP contribution in [0.25, 0.3) is 11.0 Å². The van der Waals surface area contributed by atoms with Gasteiger partial charge in [0.1, 0.15) is 35.0 Å². The number of nitrogens with zero attached hydrogens (tertiary/aromatic N) is 4. The number of piperazine rings is 1. The number of hydrogen-bond donors (Lipinski definition) is 0. The van der Waals surface area contributed by atoms with Gasteiger partial charge in [0, 0.05) is 74.7 Å². The van der Waals surface area contributed by atoms with E-state index in [1.807, 2.05) is 61.9 Å². The molecule has 4 aromatic rings. The van der Waals surface area contributed by atoms with E-state index in [4.69, 9.17) is 19.2 Å². The van der Waals surface area contributed by atoms with Crippen LogP contribution in [0.1, 0.15) is 67.6 Å². The van der Waals surface area contributed by atoms with Gasteiger partial charge in [0.2, 0.25) is 0 Å². The highest BCUT2D eigenvalue weighted by Crippen LogP contribution is 2.38. The number of pyridine rings is 1. The fourth-order valence-corrected chi connectivity index (χ4v) is 8.13. The Balaban J connectivity index is 1.19. The Morgan fingerprint density at radius 2 is 1.82 bits per heavy atom. The van der Waals surface area contributed by atoms with Crippen molar-refractivity contribution in [1.29, 1.82) is 0 Å². The van der Waals surface area contributed by atoms with E-state index in [-0.39, 0.29) is 0 Å². The second kappa shape index (κ2) is 15.0. The molecular weight excluding hydrogens is 696 g/mol. The van der Waals surface area contributed by atoms with Gasteiger partial charge in [-0.05, 0) is 87.5 Å². The Bertz CT molecular complexity index is 1770. The van der Waals surface area contributed by atoms with Gasteiger partial charge in [-0.2, -0.15) is 0 Å². The summed E-state index contributed by atoms with van der Waals surface area (Å²) < 4.78 is 21.5. The Kier molecular flexibility index (Phi) is 10.9. The Morgan fingerprint density at radius 3 is 2.57 bits per heavy atom. The number of aromatic nitrogens is 2. The molecule has 6 rings (SSSR count). The average molecular weight is 748 g/mol. The highest BCUT2D eigenvalue weighted by molar-refractivity contribution is 9.10. The molecule has 0 unspecified atom stereocenters. The monoisotopic (exact) mass is 746 g/mol. The van der Waals surface area contributed by atoms with Gasteiger partial charge >= 0.3 is 5.97 Å². The van der Waals surface area contributed by atoms with E-state index >= 15 is 0 Å². The van der Waals surface area contributed by atoms with Crippen LogP contribution in [0.2, 0.25) is 25.7 Å². The summed E-state index contributed by atoms with van der Waals surface area (Å²) in [6.45, 7) is 17.6. The highest BCUT2D eigenvalue weighted by atomic mass is 79.9. The molecule has 1 saturated heterocycles. The zero-order chi connectivity index (χ0) is 34.8. The van der Waals surface area contributed by atoms with Crippen LogP contribution in [0.3, 0.4) is 0 Å². The molecule has 0 radical (unpaired) electrons. The van der Waals surface area contributed by atoms with Crippen LogP contribution in [-0.4, -0.2) is 66.9 Å². The summed E-state index contributed by atoms with van der Waals surface area (Å²) in [5.74, 6) is 0.620. The first-order chi connectivity index (χ1) is 23.3. The minimum atomic E-state index is -1.15. The molecule has 0 amide bonds. The number of carbonyl (C=O) groups excluding carboxylic acids is 1. The second-order valence-electron chi connectivity index (χ2n) is 15.6. The standard InChI is InChI=1S/C39H51BrN4O4Si/c1-39(2,3)48-38(45)33-15-14-29(42-18-20-43(21-19-42)35-13-8-7-10-31-32(35)11-9-12-34(31)40)25-36(33)47-30-24-28-16-17-44(37(28)41-26-30)27-46-22-23-49(4,5)6/h9,11-12,14-17,24-26,35H,7-8,10,13,18-23,27H2,1-6H3/t35-/m1/s1. The van der Waals surface area contributed by atoms with Crippen LogP contribution in [-0.2, 0) is 22.6 Å². The summed E-state index contributed by atoms with van der Waals surface area (Å²) in [4.78, 5) is 23.1. The van der Waals surface area contributed by atoms with Gasteiger partial charge in [-0.3, -0.25) is 4.90 Å². The molecule has 0 saturated carbocycles. The quantitative estimate of drug-likeness (QED) is 0.0693. The maximum absolute atomic E-state index is 13.4. The van der Waals surface area contributed by atoms with E-state index in [9.17, 15) is 4.79 Å². The number of hydrogen-bond acceptors (Lipinski definition) is 7. The molecule has 1 aliphatic carbocycles. The van der Waals surface area contributed by atoms with Crippen molar-refractivity contribution in [3.63, 3.8) is 0 Å². The Morgan fingerprint density at radius 1 is 1.02 bits per heavy atom. The maximum Gasteiger partial charge on any atom is 0.342 e. The zero-order valence-electron chi connectivity index (χ0n) is 29.9. The number of carbonyl (C=O) groups is 1. The zero-order valence-corrected chi connectivity index (χ0v) is 32.5. The van der Waals surface area contributed by atoms with Gasteiger partial charge in [0.25, 0.3) is 0 Å². The third-order valence-corrected chi connectivity index (χ3v) is 11.9. The van der Waals surface area contributed by atoms with E-state index in [0.717, 1.165) is 62.0 Å². The first-order valence-corrected chi connectivity index (χ1v) is 22.2. The fourth-order valence-electron chi connectivity index (χ4n) is 6.80. The molecule has 0 N–H and O–H groups in total. The summed E-state index contributed by atoms with van der Waals surface area (Å²) in [6.07, 6.45) is 8.53. The van der Waals surface area contributed by atoms with Crippen molar-refractivity contribution in [3.05, 3.63) is 82.1 Å². The van der Waals surface area contributed by atoms with Crippen molar-refractivity contribution in [2.24, 2.45) is 0 Å². The van der Waals surface area contributed by atoms with Gasteiger partial charge in [-0.15, -0.1) is 0 Å². The van der Waals surface area contributed by atoms with Crippen molar-refractivity contribution in [2.45, 2.75) is 90.5 Å². The van der Waals surface area contributed by atoms with E-state index in [0.29, 0.717) is 29.8 Å². The molecule has 0 bridgehead atoms. The molecule has 2 aromatic heterocycles. The van der Waals surface area contributed by atoms with E-state index in [2.05, 4.69) is 63.6 Å². The summed E-state index contributed by atoms with van der Waals surface area (Å²) in [5.41, 5.74) is 4.59. The van der Waals surface area contributed by atoms with Gasteiger partial charge in [0.15, 0.2) is 0 Å². The number of fused-ring (bicyclic) bond motifs is 2. The van der Waals surface area contributed by atoms with Crippen LogP contribution in [0, 0.1) is 0 Å². The summed E-state index contributed by atoms with van der Waals surface area (Å²) in [5, 5.41) is 0.949. The molecule has 2 aliphatic rings. The fraction of sp³-hybridized carbons (Fsp3) is 0.487. The number of ether oxygens (including phenoxy) is 3. The third-order valence-electron chi connectivity index (χ3n) is 9.40. The van der Waals surface area contributed by atoms with Gasteiger partial charge in [0.05, 0.1) is 6.20 Å². The Hall–Kier alpha value is -3.18. The number of esters is 1. The number of anilines is 1. The van der Waals surface area contributed by atoms with E-state index in [1.165, 1.54) is 34.9 Å². The highest BCUT2D eigenvalue weighted by Gasteiger charge is 2.29. The summed E-state index contributed by atoms with van der Waals surface area (Å²) in [6, 6.07) is 18.1. The van der Waals surface area contributed by atoms with E-state index in [1.54, 1.807) is 6.20 Å². The predicted octanol–water partition coefficient (Wildman–Crippen LogP) is 9.45. The lowest BCUT2D eigenvalue weighted by Gasteiger charge is -2.40. The molecule has 3 heterocycles. The van der Waals surface area contributed by atoms with Crippen LogP contribution in [0.5, 0.6) is 11.5 Å². The molecule has 8 nitrogen and oxygen atoms in total. The molecule has 1 aliphatic heterocycles. The van der Waals surface area contributed by atoms with Crippen molar-refractivity contribution in [2.75, 3.05) is 37.7 Å². The third kappa shape index (κ3) is 8.95. The molecule has 0 spiro atoms. The predicted molar refractivity (Wildman–Crippen MR) is 204 cm³/mol. The number of halogens is 1. The average Bonchev–Trinajstić information content (AvgIpc) is 3.31. The first kappa shape index (κ1) is 35.6. The maximum atomic E-state index is 13.4. The van der Waals surface area contributed by atoms with Crippen molar-refractivity contribution < 1.29 is 19.0 Å². The minimum Gasteiger partial charge on any atom is -0.456 e. The lowest BCUT2D eigenvalue weighted by molar-refractivity contribution is 0.00671. The van der Waals surface area contributed by atoms with Crippen LogP contribution in [0.15, 0.2) is 65.4 Å². The largest absolute Gasteiger partial charge is 0.456 e. The molecule has 49 heavy (non-hydrogen) atoms. The van der Waals surface area contributed by atoms with E-state index < -0.39 is 19.6 Å². The lowest BCUT2D eigenvalue weighted by atomic mass is 9.97. The normalized spacial score (nSPS) is 17.5. The SMILES string of the molecule is CC(C)(C)OC(=O)c1ccc(N2CCN([C@@H]3CCCCc4c(Br)cccc43)CC2)cc1Oc1cnc2c(ccn2COCC[Si](C)(C)C)c1. The molecule has 262 valence electrons. The van der Waals surface area contributed by atoms with Crippen molar-refractivity contribution in [1.82, 2.24) is 14.5 Å². The first-order valence-electron chi connectivity index (χ1n) is 17.7. The molecule has 1 fully saturated rings. The minimum absolute atomic E-state index is 0.395. The number of benzene rings is 2. The van der Waals surface area contributed by atoms with Gasteiger partial charge in [-0.1, -0.05) is 54.1 Å². The topological polar surface area (TPSA) is 69.1 Å². The van der Waals surface area contributed by atoms with Crippen LogP contribution >= 0.6 is 15.9 Å². The Labute approximate surface area is 300 Å². The second-order valence-corrected chi connectivity index (χ2v) is 22.1. The van der Waals surface area contributed by atoms with Crippen molar-refractivity contribution >= 4 is 46.7 Å². The van der Waals surface area contributed by atoms with Gasteiger partial charge < -0.3 is 23.7 Å². The van der Waals surface area contributed by atoms with Crippen LogP contribution in [0.4, 0.5) is 5.69 Å².